The fourth-order valence-corrected chi connectivity index (χ4v) is 9.92. The van der Waals surface area contributed by atoms with E-state index in [0.717, 1.165) is 77.0 Å². The topological polar surface area (TPSA) is 78.9 Å². The van der Waals surface area contributed by atoms with E-state index in [1.165, 1.54) is 244 Å². The van der Waals surface area contributed by atoms with Crippen LogP contribution in [-0.4, -0.2) is 37.2 Å². The van der Waals surface area contributed by atoms with Crippen molar-refractivity contribution >= 4 is 17.9 Å². The van der Waals surface area contributed by atoms with E-state index < -0.39 is 6.10 Å². The Kier molecular flexibility index (Phi) is 61.1. The normalized spacial score (nSPS) is 12.2. The van der Waals surface area contributed by atoms with Gasteiger partial charge >= 0.3 is 17.9 Å². The van der Waals surface area contributed by atoms with E-state index in [2.05, 4.69) is 57.2 Å². The highest BCUT2D eigenvalue weighted by atomic mass is 16.6. The Bertz CT molecular complexity index is 1240. The molecule has 0 aliphatic heterocycles. The van der Waals surface area contributed by atoms with Crippen LogP contribution >= 0.6 is 0 Å². The van der Waals surface area contributed by atoms with E-state index in [0.29, 0.717) is 19.3 Å². The number of hydrogen-bond donors (Lipinski definition) is 0. The summed E-state index contributed by atoms with van der Waals surface area (Å²) < 4.78 is 16.9. The second kappa shape index (κ2) is 63.2. The summed E-state index contributed by atoms with van der Waals surface area (Å²) in [6, 6.07) is 0. The molecule has 1 atom stereocenters. The highest BCUT2D eigenvalue weighted by molar-refractivity contribution is 5.71. The Morgan fingerprint density at radius 2 is 0.486 bits per heavy atom. The predicted molar refractivity (Wildman–Crippen MR) is 321 cm³/mol. The lowest BCUT2D eigenvalue weighted by Gasteiger charge is -2.18. The van der Waals surface area contributed by atoms with Gasteiger partial charge in [0.1, 0.15) is 13.2 Å². The van der Waals surface area contributed by atoms with Gasteiger partial charge in [-0.15, -0.1) is 0 Å². The van der Waals surface area contributed by atoms with Gasteiger partial charge in [0, 0.05) is 19.3 Å². The Hall–Kier alpha value is -2.37. The molecule has 6 nitrogen and oxygen atoms in total. The van der Waals surface area contributed by atoms with Crippen LogP contribution < -0.4 is 0 Å². The van der Waals surface area contributed by atoms with Gasteiger partial charge in [-0.2, -0.15) is 0 Å². The molecule has 74 heavy (non-hydrogen) atoms. The number of carbonyl (C=O) groups is 3. The molecule has 0 spiro atoms. The Morgan fingerprint density at radius 3 is 0.757 bits per heavy atom. The molecule has 0 heterocycles. The van der Waals surface area contributed by atoms with Gasteiger partial charge in [0.05, 0.1) is 0 Å². The van der Waals surface area contributed by atoms with Crippen molar-refractivity contribution in [2.24, 2.45) is 0 Å². The van der Waals surface area contributed by atoms with Crippen LogP contribution in [0.3, 0.4) is 0 Å². The fraction of sp³-hybridized carbons (Fsp3) is 0.868. The SMILES string of the molecule is CCCCCCC/C=C\C/C=C\C/C=C\CCCCCCCCC(=O)OC(COC(=O)CCCCCCCCCCCCCC)COC(=O)CCCCCCCCCCCCCCCCCCCCCCCCC. The van der Waals surface area contributed by atoms with Crippen LogP contribution in [0.15, 0.2) is 36.5 Å². The highest BCUT2D eigenvalue weighted by Gasteiger charge is 2.19. The Balaban J connectivity index is 4.27. The maximum absolute atomic E-state index is 12.9. The van der Waals surface area contributed by atoms with E-state index in [1.54, 1.807) is 0 Å². The molecule has 6 heteroatoms. The number of allylic oxidation sites excluding steroid dienone is 6. The van der Waals surface area contributed by atoms with Crippen LogP contribution in [0.2, 0.25) is 0 Å². The van der Waals surface area contributed by atoms with Crippen LogP contribution in [0, 0.1) is 0 Å². The van der Waals surface area contributed by atoms with Crippen molar-refractivity contribution in [2.45, 2.75) is 367 Å². The van der Waals surface area contributed by atoms with E-state index in [9.17, 15) is 14.4 Å². The molecular formula is C68H126O6. The summed E-state index contributed by atoms with van der Waals surface area (Å²) in [5.41, 5.74) is 0. The van der Waals surface area contributed by atoms with Crippen LogP contribution in [-0.2, 0) is 28.6 Å². The van der Waals surface area contributed by atoms with Gasteiger partial charge in [-0.3, -0.25) is 14.4 Å². The maximum Gasteiger partial charge on any atom is 0.306 e. The van der Waals surface area contributed by atoms with Crippen LogP contribution in [0.1, 0.15) is 361 Å². The molecule has 0 aliphatic carbocycles. The molecule has 0 aromatic heterocycles. The first kappa shape index (κ1) is 71.6. The minimum absolute atomic E-state index is 0.0722. The quantitative estimate of drug-likeness (QED) is 0.0261. The van der Waals surface area contributed by atoms with Gasteiger partial charge in [-0.1, -0.05) is 320 Å². The van der Waals surface area contributed by atoms with Gasteiger partial charge < -0.3 is 14.2 Å². The first-order chi connectivity index (χ1) is 36.5. The largest absolute Gasteiger partial charge is 0.462 e. The molecule has 0 aromatic rings. The molecular weight excluding hydrogens is 913 g/mol. The molecule has 0 saturated heterocycles. The third-order valence-corrected chi connectivity index (χ3v) is 14.9. The lowest BCUT2D eigenvalue weighted by atomic mass is 10.0. The minimum atomic E-state index is -0.776. The Labute approximate surface area is 461 Å². The first-order valence-electron chi connectivity index (χ1n) is 33.0. The molecule has 0 rings (SSSR count). The van der Waals surface area contributed by atoms with E-state index in [-0.39, 0.29) is 31.1 Å². The van der Waals surface area contributed by atoms with Crippen molar-refractivity contribution in [1.29, 1.82) is 0 Å². The van der Waals surface area contributed by atoms with Crippen molar-refractivity contribution in [3.63, 3.8) is 0 Å². The Morgan fingerprint density at radius 1 is 0.270 bits per heavy atom. The zero-order valence-corrected chi connectivity index (χ0v) is 49.9. The molecule has 0 fully saturated rings. The number of carbonyl (C=O) groups excluding carboxylic acids is 3. The summed E-state index contributed by atoms with van der Waals surface area (Å²) in [6.45, 7) is 6.68. The second-order valence-corrected chi connectivity index (χ2v) is 22.4. The van der Waals surface area contributed by atoms with Crippen molar-refractivity contribution in [3.8, 4) is 0 Å². The molecule has 0 amide bonds. The standard InChI is InChI=1S/C68H126O6/c1-4-7-10-13-16-19-22-25-27-29-31-33-34-36-37-39-41-43-46-49-52-55-58-61-67(70)73-64-65(63-72-66(69)60-57-54-51-48-45-24-21-18-15-12-9-6-3)74-68(71)62-59-56-53-50-47-44-42-40-38-35-32-30-28-26-23-20-17-14-11-8-5-2/h23,26,30,32,38,40,65H,4-22,24-25,27-29,31,33-37,39,41-64H2,1-3H3/b26-23-,32-30-,40-38-. The summed E-state index contributed by atoms with van der Waals surface area (Å²) in [6.07, 6.45) is 77.3. The van der Waals surface area contributed by atoms with E-state index in [4.69, 9.17) is 14.2 Å². The first-order valence-corrected chi connectivity index (χ1v) is 33.0. The number of rotatable bonds is 61. The second-order valence-electron chi connectivity index (χ2n) is 22.4. The summed E-state index contributed by atoms with van der Waals surface area (Å²) in [4.78, 5) is 38.3. The van der Waals surface area contributed by atoms with Crippen LogP contribution in [0.4, 0.5) is 0 Å². The third-order valence-electron chi connectivity index (χ3n) is 14.9. The van der Waals surface area contributed by atoms with E-state index >= 15 is 0 Å². The smallest absolute Gasteiger partial charge is 0.306 e. The van der Waals surface area contributed by atoms with Crippen molar-refractivity contribution < 1.29 is 28.6 Å². The minimum Gasteiger partial charge on any atom is -0.462 e. The van der Waals surface area contributed by atoms with Crippen molar-refractivity contribution in [2.75, 3.05) is 13.2 Å². The molecule has 0 aromatic carbocycles. The van der Waals surface area contributed by atoms with Gasteiger partial charge in [0.15, 0.2) is 6.10 Å². The number of esters is 3. The van der Waals surface area contributed by atoms with Gasteiger partial charge in [0.25, 0.3) is 0 Å². The van der Waals surface area contributed by atoms with Crippen LogP contribution in [0.25, 0.3) is 0 Å². The molecule has 1 unspecified atom stereocenters. The lowest BCUT2D eigenvalue weighted by molar-refractivity contribution is -0.167. The van der Waals surface area contributed by atoms with Crippen LogP contribution in [0.5, 0.6) is 0 Å². The molecule has 0 saturated carbocycles. The molecule has 434 valence electrons. The van der Waals surface area contributed by atoms with Crippen molar-refractivity contribution in [3.05, 3.63) is 36.5 Å². The van der Waals surface area contributed by atoms with Gasteiger partial charge in [-0.25, -0.2) is 0 Å². The van der Waals surface area contributed by atoms with Gasteiger partial charge in [0.2, 0.25) is 0 Å². The molecule has 0 bridgehead atoms. The number of hydrogen-bond acceptors (Lipinski definition) is 6. The lowest BCUT2D eigenvalue weighted by Crippen LogP contribution is -2.30. The number of unbranched alkanes of at least 4 members (excludes halogenated alkanes) is 44. The van der Waals surface area contributed by atoms with E-state index in [1.807, 2.05) is 0 Å². The monoisotopic (exact) mass is 1040 g/mol. The zero-order chi connectivity index (χ0) is 53.6. The predicted octanol–water partition coefficient (Wildman–Crippen LogP) is 22.4. The summed E-state index contributed by atoms with van der Waals surface area (Å²) in [5, 5.41) is 0. The molecule has 0 N–H and O–H groups in total. The summed E-state index contributed by atoms with van der Waals surface area (Å²) in [7, 11) is 0. The fourth-order valence-electron chi connectivity index (χ4n) is 9.92. The van der Waals surface area contributed by atoms with Gasteiger partial charge in [-0.05, 0) is 57.8 Å². The molecule has 0 aliphatic rings. The maximum atomic E-state index is 12.9. The molecule has 0 radical (unpaired) electrons. The average Bonchev–Trinajstić information content (AvgIpc) is 3.40. The van der Waals surface area contributed by atoms with Crippen molar-refractivity contribution in [1.82, 2.24) is 0 Å². The summed E-state index contributed by atoms with van der Waals surface area (Å²) >= 11 is 0. The number of ether oxygens (including phenoxy) is 3. The third kappa shape index (κ3) is 60.5. The average molecular weight is 1040 g/mol. The summed E-state index contributed by atoms with van der Waals surface area (Å²) in [5.74, 6) is -0.860. The zero-order valence-electron chi connectivity index (χ0n) is 49.9. The highest BCUT2D eigenvalue weighted by Crippen LogP contribution is 2.18.